The lowest BCUT2D eigenvalue weighted by Gasteiger charge is -2.07. The molecule has 0 aromatic heterocycles. The van der Waals surface area contributed by atoms with E-state index >= 15 is 0 Å². The van der Waals surface area contributed by atoms with Crippen molar-refractivity contribution in [2.24, 2.45) is 0 Å². The standard InChI is InChI=1S/C12H16INO3S/c13-9-2-3-11(16)10(8-9)12(17)14-4-7-18-6-1-5-15/h2-3,8,15-16H,1,4-7H2,(H,14,17). The van der Waals surface area contributed by atoms with Crippen molar-refractivity contribution in [3.05, 3.63) is 27.3 Å². The van der Waals surface area contributed by atoms with Gasteiger partial charge >= 0.3 is 0 Å². The van der Waals surface area contributed by atoms with Crippen molar-refractivity contribution >= 4 is 40.3 Å². The Labute approximate surface area is 124 Å². The molecule has 1 rings (SSSR count). The summed E-state index contributed by atoms with van der Waals surface area (Å²) in [5.41, 5.74) is 0.308. The van der Waals surface area contributed by atoms with Gasteiger partial charge in [-0.25, -0.2) is 0 Å². The van der Waals surface area contributed by atoms with Gasteiger partial charge in [-0.2, -0.15) is 11.8 Å². The van der Waals surface area contributed by atoms with Crippen molar-refractivity contribution in [2.45, 2.75) is 6.42 Å². The molecule has 4 nitrogen and oxygen atoms in total. The minimum Gasteiger partial charge on any atom is -0.507 e. The first kappa shape index (κ1) is 15.6. The molecule has 0 unspecified atom stereocenters. The van der Waals surface area contributed by atoms with Crippen LogP contribution in [-0.4, -0.2) is 40.8 Å². The zero-order valence-electron chi connectivity index (χ0n) is 9.86. The lowest BCUT2D eigenvalue weighted by Crippen LogP contribution is -2.26. The lowest BCUT2D eigenvalue weighted by atomic mass is 10.2. The summed E-state index contributed by atoms with van der Waals surface area (Å²) in [4.78, 5) is 11.8. The summed E-state index contributed by atoms with van der Waals surface area (Å²) < 4.78 is 0.910. The molecule has 0 aliphatic rings. The fourth-order valence-electron chi connectivity index (χ4n) is 1.29. The highest BCUT2D eigenvalue weighted by Gasteiger charge is 2.10. The van der Waals surface area contributed by atoms with Gasteiger partial charge in [0.1, 0.15) is 5.75 Å². The van der Waals surface area contributed by atoms with Gasteiger partial charge in [0.2, 0.25) is 0 Å². The predicted octanol–water partition coefficient (Wildman–Crippen LogP) is 1.84. The Morgan fingerprint density at radius 1 is 1.39 bits per heavy atom. The minimum absolute atomic E-state index is 0.000787. The van der Waals surface area contributed by atoms with Crippen LogP contribution in [-0.2, 0) is 0 Å². The van der Waals surface area contributed by atoms with E-state index in [9.17, 15) is 9.90 Å². The second kappa shape index (κ2) is 8.60. The molecule has 0 radical (unpaired) electrons. The number of carbonyl (C=O) groups excluding carboxylic acids is 1. The number of rotatable bonds is 7. The first-order valence-electron chi connectivity index (χ1n) is 5.60. The van der Waals surface area contributed by atoms with Gasteiger partial charge in [0.05, 0.1) is 5.56 Å². The van der Waals surface area contributed by atoms with Crippen LogP contribution in [0.5, 0.6) is 5.75 Å². The van der Waals surface area contributed by atoms with E-state index in [2.05, 4.69) is 27.9 Å². The number of hydrogen-bond donors (Lipinski definition) is 3. The third-order valence-corrected chi connectivity index (χ3v) is 3.92. The maximum absolute atomic E-state index is 11.8. The fourth-order valence-corrected chi connectivity index (χ4v) is 2.57. The number of aliphatic hydroxyl groups excluding tert-OH is 1. The summed E-state index contributed by atoms with van der Waals surface area (Å²) in [5, 5.41) is 20.9. The number of nitrogens with one attached hydrogen (secondary N) is 1. The van der Waals surface area contributed by atoms with E-state index in [4.69, 9.17) is 5.11 Å². The normalized spacial score (nSPS) is 10.3. The molecule has 0 atom stereocenters. The van der Waals surface area contributed by atoms with E-state index in [0.717, 1.165) is 21.5 Å². The van der Waals surface area contributed by atoms with E-state index in [1.807, 2.05) is 0 Å². The molecule has 0 aliphatic heterocycles. The van der Waals surface area contributed by atoms with Crippen molar-refractivity contribution in [3.8, 4) is 5.75 Å². The number of hydrogen-bond acceptors (Lipinski definition) is 4. The average molecular weight is 381 g/mol. The van der Waals surface area contributed by atoms with Crippen molar-refractivity contribution in [1.82, 2.24) is 5.32 Å². The molecule has 100 valence electrons. The summed E-state index contributed by atoms with van der Waals surface area (Å²) in [5.74, 6) is 1.44. The van der Waals surface area contributed by atoms with E-state index in [-0.39, 0.29) is 18.3 Å². The Hall–Kier alpha value is -0.470. The molecule has 1 aromatic rings. The average Bonchev–Trinajstić information content (AvgIpc) is 2.36. The molecule has 1 amide bonds. The predicted molar refractivity (Wildman–Crippen MR) is 82.2 cm³/mol. The van der Waals surface area contributed by atoms with Gasteiger partial charge in [-0.1, -0.05) is 0 Å². The Bertz CT molecular complexity index is 401. The number of benzene rings is 1. The maximum atomic E-state index is 11.8. The highest BCUT2D eigenvalue weighted by molar-refractivity contribution is 14.1. The van der Waals surface area contributed by atoms with Crippen LogP contribution in [0.1, 0.15) is 16.8 Å². The monoisotopic (exact) mass is 381 g/mol. The van der Waals surface area contributed by atoms with Gasteiger partial charge in [0.25, 0.3) is 5.91 Å². The summed E-state index contributed by atoms with van der Waals surface area (Å²) in [7, 11) is 0. The Morgan fingerprint density at radius 3 is 2.89 bits per heavy atom. The smallest absolute Gasteiger partial charge is 0.255 e. The molecular weight excluding hydrogens is 365 g/mol. The first-order chi connectivity index (χ1) is 8.65. The van der Waals surface area contributed by atoms with Gasteiger partial charge < -0.3 is 15.5 Å². The molecule has 18 heavy (non-hydrogen) atoms. The topological polar surface area (TPSA) is 69.6 Å². The van der Waals surface area contributed by atoms with Crippen LogP contribution in [0.2, 0.25) is 0 Å². The molecule has 0 bridgehead atoms. The third-order valence-electron chi connectivity index (χ3n) is 2.18. The van der Waals surface area contributed by atoms with Crippen LogP contribution in [0, 0.1) is 3.57 Å². The first-order valence-corrected chi connectivity index (χ1v) is 7.84. The number of aliphatic hydroxyl groups is 1. The molecule has 0 fully saturated rings. The van der Waals surface area contributed by atoms with Gasteiger partial charge in [0, 0.05) is 22.5 Å². The molecule has 6 heteroatoms. The van der Waals surface area contributed by atoms with Crippen LogP contribution >= 0.6 is 34.4 Å². The van der Waals surface area contributed by atoms with Crippen LogP contribution in [0.15, 0.2) is 18.2 Å². The van der Waals surface area contributed by atoms with E-state index in [0.29, 0.717) is 12.1 Å². The number of halogens is 1. The quantitative estimate of drug-likeness (QED) is 0.498. The van der Waals surface area contributed by atoms with Gasteiger partial charge in [0.15, 0.2) is 0 Å². The van der Waals surface area contributed by atoms with Crippen molar-refractivity contribution < 1.29 is 15.0 Å². The fraction of sp³-hybridized carbons (Fsp3) is 0.417. The molecular formula is C12H16INO3S. The number of carbonyl (C=O) groups is 1. The van der Waals surface area contributed by atoms with Crippen LogP contribution in [0.3, 0.4) is 0 Å². The SMILES string of the molecule is O=C(NCCSCCCO)c1cc(I)ccc1O. The largest absolute Gasteiger partial charge is 0.507 e. The second-order valence-electron chi connectivity index (χ2n) is 3.61. The molecule has 1 aromatic carbocycles. The van der Waals surface area contributed by atoms with E-state index in [1.54, 1.807) is 23.9 Å². The molecule has 0 spiro atoms. The van der Waals surface area contributed by atoms with Gasteiger partial charge in [-0.05, 0) is 53.0 Å². The van der Waals surface area contributed by atoms with Crippen LogP contribution < -0.4 is 5.32 Å². The zero-order valence-corrected chi connectivity index (χ0v) is 12.8. The lowest BCUT2D eigenvalue weighted by molar-refractivity contribution is 0.0953. The van der Waals surface area contributed by atoms with E-state index < -0.39 is 0 Å². The highest BCUT2D eigenvalue weighted by Crippen LogP contribution is 2.19. The Morgan fingerprint density at radius 2 is 2.17 bits per heavy atom. The third kappa shape index (κ3) is 5.45. The Kier molecular flexibility index (Phi) is 7.45. The van der Waals surface area contributed by atoms with Crippen molar-refractivity contribution in [2.75, 3.05) is 24.7 Å². The van der Waals surface area contributed by atoms with Gasteiger partial charge in [-0.3, -0.25) is 4.79 Å². The van der Waals surface area contributed by atoms with Crippen molar-refractivity contribution in [3.63, 3.8) is 0 Å². The summed E-state index contributed by atoms with van der Waals surface area (Å²) in [6, 6.07) is 4.92. The molecule has 3 N–H and O–H groups in total. The summed E-state index contributed by atoms with van der Waals surface area (Å²) in [6.07, 6.45) is 0.774. The Balaban J connectivity index is 2.34. The highest BCUT2D eigenvalue weighted by atomic mass is 127. The van der Waals surface area contributed by atoms with Gasteiger partial charge in [-0.15, -0.1) is 0 Å². The number of thioether (sulfide) groups is 1. The molecule has 0 heterocycles. The number of phenolic OH excluding ortho intramolecular Hbond substituents is 1. The van der Waals surface area contributed by atoms with E-state index in [1.165, 1.54) is 6.07 Å². The van der Waals surface area contributed by atoms with Crippen LogP contribution in [0.25, 0.3) is 0 Å². The number of phenols is 1. The summed E-state index contributed by atoms with van der Waals surface area (Å²) >= 11 is 3.78. The number of aromatic hydroxyl groups is 1. The maximum Gasteiger partial charge on any atom is 0.255 e. The van der Waals surface area contributed by atoms with Crippen LogP contribution in [0.4, 0.5) is 0 Å². The van der Waals surface area contributed by atoms with Crippen molar-refractivity contribution in [1.29, 1.82) is 0 Å². The molecule has 0 saturated heterocycles. The minimum atomic E-state index is -0.256. The zero-order chi connectivity index (χ0) is 13.4. The number of amides is 1. The summed E-state index contributed by atoms with van der Waals surface area (Å²) in [6.45, 7) is 0.759. The molecule has 0 aliphatic carbocycles. The second-order valence-corrected chi connectivity index (χ2v) is 6.08. The molecule has 0 saturated carbocycles.